The highest BCUT2D eigenvalue weighted by atomic mass is 32.2. The fourth-order valence-electron chi connectivity index (χ4n) is 1.95. The van der Waals surface area contributed by atoms with E-state index in [9.17, 15) is 8.42 Å². The fraction of sp³-hybridized carbons (Fsp3) is 0.467. The Balaban J connectivity index is 2.28. The summed E-state index contributed by atoms with van der Waals surface area (Å²) in [4.78, 5) is 3.21. The van der Waals surface area contributed by atoms with Crippen LogP contribution in [0.15, 0.2) is 29.3 Å². The molecule has 1 unspecified atom stereocenters. The van der Waals surface area contributed by atoms with Crippen molar-refractivity contribution in [1.29, 1.82) is 0 Å². The first-order valence-electron chi connectivity index (χ1n) is 6.97. The Hall–Kier alpha value is -1.53. The van der Waals surface area contributed by atoms with Crippen LogP contribution >= 0.6 is 0 Å². The van der Waals surface area contributed by atoms with Crippen molar-refractivity contribution in [3.8, 4) is 0 Å². The summed E-state index contributed by atoms with van der Waals surface area (Å²) in [7, 11) is -3.55. The average molecular weight is 309 g/mol. The third kappa shape index (κ3) is 3.39. The SMILES string of the molecule is CC(CNS(=O)(=O)c1c[nH]c2ccc(N)cc12)C(C)(C)C. The minimum absolute atomic E-state index is 0.0488. The van der Waals surface area contributed by atoms with E-state index in [2.05, 4.69) is 30.5 Å². The highest BCUT2D eigenvalue weighted by Gasteiger charge is 2.24. The molecule has 0 saturated heterocycles. The van der Waals surface area contributed by atoms with E-state index in [1.807, 2.05) is 6.92 Å². The van der Waals surface area contributed by atoms with E-state index >= 15 is 0 Å². The second kappa shape index (κ2) is 5.35. The van der Waals surface area contributed by atoms with Crippen LogP contribution in [0.25, 0.3) is 10.9 Å². The van der Waals surface area contributed by atoms with Crippen LogP contribution in [-0.4, -0.2) is 19.9 Å². The van der Waals surface area contributed by atoms with Gasteiger partial charge in [-0.05, 0) is 29.5 Å². The van der Waals surface area contributed by atoms with E-state index in [0.717, 1.165) is 5.52 Å². The Morgan fingerprint density at radius 1 is 1.33 bits per heavy atom. The maximum Gasteiger partial charge on any atom is 0.242 e. The number of hydrogen-bond acceptors (Lipinski definition) is 3. The van der Waals surface area contributed by atoms with Gasteiger partial charge in [0.1, 0.15) is 4.90 Å². The molecule has 0 bridgehead atoms. The molecule has 6 heteroatoms. The molecule has 1 aromatic heterocycles. The predicted molar refractivity (Wildman–Crippen MR) is 86.5 cm³/mol. The number of nitrogen functional groups attached to an aromatic ring is 1. The number of nitrogens with two attached hydrogens (primary N) is 1. The molecule has 5 nitrogen and oxygen atoms in total. The minimum atomic E-state index is -3.55. The van der Waals surface area contributed by atoms with E-state index in [4.69, 9.17) is 5.73 Å². The summed E-state index contributed by atoms with van der Waals surface area (Å²) in [6.07, 6.45) is 1.51. The van der Waals surface area contributed by atoms with Gasteiger partial charge in [-0.3, -0.25) is 0 Å². The number of aromatic nitrogens is 1. The Morgan fingerprint density at radius 2 is 2.00 bits per heavy atom. The van der Waals surface area contributed by atoms with E-state index < -0.39 is 10.0 Å². The van der Waals surface area contributed by atoms with Gasteiger partial charge in [-0.1, -0.05) is 27.7 Å². The highest BCUT2D eigenvalue weighted by Crippen LogP contribution is 2.27. The topological polar surface area (TPSA) is 88.0 Å². The average Bonchev–Trinajstić information content (AvgIpc) is 2.78. The molecular formula is C15H23N3O2S. The van der Waals surface area contributed by atoms with Crippen molar-refractivity contribution in [2.75, 3.05) is 12.3 Å². The summed E-state index contributed by atoms with van der Waals surface area (Å²) in [6, 6.07) is 5.19. The summed E-state index contributed by atoms with van der Waals surface area (Å²) < 4.78 is 27.6. The van der Waals surface area contributed by atoms with Gasteiger partial charge >= 0.3 is 0 Å². The summed E-state index contributed by atoms with van der Waals surface area (Å²) >= 11 is 0. The first-order chi connectivity index (χ1) is 9.61. The number of fused-ring (bicyclic) bond motifs is 1. The molecule has 0 radical (unpaired) electrons. The number of benzene rings is 1. The Morgan fingerprint density at radius 3 is 2.62 bits per heavy atom. The smallest absolute Gasteiger partial charge is 0.242 e. The zero-order chi connectivity index (χ0) is 15.8. The number of rotatable bonds is 4. The molecule has 1 atom stereocenters. The largest absolute Gasteiger partial charge is 0.399 e. The van der Waals surface area contributed by atoms with Crippen LogP contribution in [0, 0.1) is 11.3 Å². The maximum atomic E-state index is 12.5. The lowest BCUT2D eigenvalue weighted by Crippen LogP contribution is -2.33. The van der Waals surface area contributed by atoms with Crippen molar-refractivity contribution >= 4 is 26.6 Å². The molecule has 0 fully saturated rings. The van der Waals surface area contributed by atoms with Crippen LogP contribution in [0.5, 0.6) is 0 Å². The van der Waals surface area contributed by atoms with Crippen LogP contribution in [-0.2, 0) is 10.0 Å². The molecule has 1 aromatic carbocycles. The van der Waals surface area contributed by atoms with Gasteiger partial charge in [-0.2, -0.15) is 0 Å². The molecule has 4 N–H and O–H groups in total. The van der Waals surface area contributed by atoms with Gasteiger partial charge in [0.15, 0.2) is 0 Å². The normalized spacial score (nSPS) is 14.5. The predicted octanol–water partition coefficient (Wildman–Crippen LogP) is 2.71. The number of H-pyrrole nitrogens is 1. The lowest BCUT2D eigenvalue weighted by Gasteiger charge is -2.27. The number of anilines is 1. The van der Waals surface area contributed by atoms with Gasteiger partial charge in [-0.15, -0.1) is 0 Å². The number of hydrogen-bond donors (Lipinski definition) is 3. The van der Waals surface area contributed by atoms with Crippen molar-refractivity contribution in [2.45, 2.75) is 32.6 Å². The molecule has 0 saturated carbocycles. The van der Waals surface area contributed by atoms with Gasteiger partial charge in [-0.25, -0.2) is 13.1 Å². The number of nitrogens with one attached hydrogen (secondary N) is 2. The van der Waals surface area contributed by atoms with Gasteiger partial charge in [0, 0.05) is 29.3 Å². The third-order valence-electron chi connectivity index (χ3n) is 4.02. The van der Waals surface area contributed by atoms with Gasteiger partial charge < -0.3 is 10.7 Å². The second-order valence-corrected chi connectivity index (χ2v) is 8.31. The zero-order valence-electron chi connectivity index (χ0n) is 12.9. The highest BCUT2D eigenvalue weighted by molar-refractivity contribution is 7.89. The molecule has 2 rings (SSSR count). The molecule has 21 heavy (non-hydrogen) atoms. The number of sulfonamides is 1. The first-order valence-corrected chi connectivity index (χ1v) is 8.46. The summed E-state index contributed by atoms with van der Waals surface area (Å²) in [5.41, 5.74) is 7.10. The standard InChI is InChI=1S/C15H23N3O2S/c1-10(15(2,3)4)8-18-21(19,20)14-9-17-13-6-5-11(16)7-12(13)14/h5-7,9-10,17-18H,8,16H2,1-4H3. The van der Waals surface area contributed by atoms with Gasteiger partial charge in [0.25, 0.3) is 0 Å². The molecule has 2 aromatic rings. The quantitative estimate of drug-likeness (QED) is 0.759. The van der Waals surface area contributed by atoms with Crippen molar-refractivity contribution in [1.82, 2.24) is 9.71 Å². The molecule has 1 heterocycles. The maximum absolute atomic E-state index is 12.5. The minimum Gasteiger partial charge on any atom is -0.399 e. The zero-order valence-corrected chi connectivity index (χ0v) is 13.7. The van der Waals surface area contributed by atoms with E-state index in [1.165, 1.54) is 6.20 Å². The molecule has 0 aliphatic rings. The van der Waals surface area contributed by atoms with Gasteiger partial charge in [0.2, 0.25) is 10.0 Å². The van der Waals surface area contributed by atoms with E-state index in [-0.39, 0.29) is 16.2 Å². The lowest BCUT2D eigenvalue weighted by molar-refractivity contribution is 0.263. The summed E-state index contributed by atoms with van der Waals surface area (Å²) in [5, 5.41) is 0.617. The monoisotopic (exact) mass is 309 g/mol. The van der Waals surface area contributed by atoms with Crippen LogP contribution in [0.2, 0.25) is 0 Å². The van der Waals surface area contributed by atoms with Crippen molar-refractivity contribution < 1.29 is 8.42 Å². The first kappa shape index (κ1) is 15.9. The Kier molecular flexibility index (Phi) is 4.04. The van der Waals surface area contributed by atoms with E-state index in [1.54, 1.807) is 18.2 Å². The Bertz CT molecular complexity index is 742. The number of aromatic amines is 1. The van der Waals surface area contributed by atoms with Crippen LogP contribution in [0.3, 0.4) is 0 Å². The fourth-order valence-corrected chi connectivity index (χ4v) is 3.25. The van der Waals surface area contributed by atoms with E-state index in [0.29, 0.717) is 17.6 Å². The van der Waals surface area contributed by atoms with Crippen molar-refractivity contribution in [2.24, 2.45) is 11.3 Å². The second-order valence-electron chi connectivity index (χ2n) is 6.58. The van der Waals surface area contributed by atoms with Crippen LogP contribution < -0.4 is 10.5 Å². The molecule has 0 aliphatic heterocycles. The van der Waals surface area contributed by atoms with Crippen molar-refractivity contribution in [3.05, 3.63) is 24.4 Å². The van der Waals surface area contributed by atoms with Crippen LogP contribution in [0.1, 0.15) is 27.7 Å². The molecular weight excluding hydrogens is 286 g/mol. The third-order valence-corrected chi connectivity index (χ3v) is 5.48. The van der Waals surface area contributed by atoms with Gasteiger partial charge in [0.05, 0.1) is 0 Å². The van der Waals surface area contributed by atoms with Crippen LogP contribution in [0.4, 0.5) is 5.69 Å². The molecule has 116 valence electrons. The summed E-state index contributed by atoms with van der Waals surface area (Å²) in [6.45, 7) is 8.73. The molecule has 0 aliphatic carbocycles. The molecule has 0 amide bonds. The lowest BCUT2D eigenvalue weighted by atomic mass is 9.82. The van der Waals surface area contributed by atoms with Crippen molar-refractivity contribution in [3.63, 3.8) is 0 Å². The Labute approximate surface area is 126 Å². The molecule has 0 spiro atoms. The summed E-state index contributed by atoms with van der Waals surface area (Å²) in [5.74, 6) is 0.225.